The molecule has 0 fully saturated rings. The number of aromatic hydroxyl groups is 1. The summed E-state index contributed by atoms with van der Waals surface area (Å²) in [5.41, 5.74) is 9.61. The second-order valence-electron chi connectivity index (χ2n) is 4.24. The number of hydrogen-bond donors (Lipinski definition) is 2. The van der Waals surface area contributed by atoms with Gasteiger partial charge in [0, 0.05) is 11.3 Å². The third-order valence-electron chi connectivity index (χ3n) is 2.89. The van der Waals surface area contributed by atoms with Crippen LogP contribution in [0.5, 0.6) is 5.75 Å². The van der Waals surface area contributed by atoms with E-state index < -0.39 is 0 Å². The Hall–Kier alpha value is -2.07. The molecule has 4 heteroatoms. The molecule has 1 aromatic heterocycles. The summed E-state index contributed by atoms with van der Waals surface area (Å²) >= 11 is 1.57. The third kappa shape index (κ3) is 1.80. The van der Waals surface area contributed by atoms with Crippen molar-refractivity contribution in [3.8, 4) is 16.3 Å². The van der Waals surface area contributed by atoms with E-state index in [1.54, 1.807) is 23.5 Å². The van der Waals surface area contributed by atoms with Gasteiger partial charge in [0.25, 0.3) is 0 Å². The van der Waals surface area contributed by atoms with Crippen LogP contribution in [0.4, 0.5) is 5.69 Å². The number of hydrogen-bond acceptors (Lipinski definition) is 4. The highest BCUT2D eigenvalue weighted by Gasteiger charge is 2.07. The van der Waals surface area contributed by atoms with Crippen LogP contribution in [0.2, 0.25) is 0 Å². The zero-order valence-corrected chi connectivity index (χ0v) is 10.7. The van der Waals surface area contributed by atoms with E-state index in [1.807, 2.05) is 31.2 Å². The van der Waals surface area contributed by atoms with E-state index in [9.17, 15) is 5.11 Å². The standard InChI is InChI=1S/C14H12N2OS/c1-8-6-9(2-4-11(8)15)14-16-12-5-3-10(17)7-13(12)18-14/h2-7,17H,15H2,1H3. The number of nitrogens with zero attached hydrogens (tertiary/aromatic N) is 1. The fraction of sp³-hybridized carbons (Fsp3) is 0.0714. The molecule has 90 valence electrons. The highest BCUT2D eigenvalue weighted by atomic mass is 32.1. The van der Waals surface area contributed by atoms with Crippen LogP contribution in [-0.2, 0) is 0 Å². The number of nitrogens with two attached hydrogens (primary N) is 1. The van der Waals surface area contributed by atoms with E-state index in [-0.39, 0.29) is 5.75 Å². The second-order valence-corrected chi connectivity index (χ2v) is 5.27. The normalized spacial score (nSPS) is 10.9. The highest BCUT2D eigenvalue weighted by molar-refractivity contribution is 7.21. The summed E-state index contributed by atoms with van der Waals surface area (Å²) < 4.78 is 0.986. The predicted octanol–water partition coefficient (Wildman–Crippen LogP) is 3.56. The monoisotopic (exact) mass is 256 g/mol. The Morgan fingerprint density at radius 1 is 1.17 bits per heavy atom. The number of anilines is 1. The van der Waals surface area contributed by atoms with Crippen LogP contribution >= 0.6 is 11.3 Å². The molecule has 2 aromatic carbocycles. The number of phenols is 1. The molecule has 0 saturated heterocycles. The molecule has 0 bridgehead atoms. The minimum atomic E-state index is 0.270. The average Bonchev–Trinajstić information content (AvgIpc) is 2.75. The van der Waals surface area contributed by atoms with Gasteiger partial charge in [-0.05, 0) is 48.9 Å². The lowest BCUT2D eigenvalue weighted by Crippen LogP contribution is -1.89. The van der Waals surface area contributed by atoms with E-state index in [0.29, 0.717) is 0 Å². The first-order valence-electron chi connectivity index (χ1n) is 5.59. The summed E-state index contributed by atoms with van der Waals surface area (Å²) in [5.74, 6) is 0.270. The van der Waals surface area contributed by atoms with Crippen LogP contribution in [-0.4, -0.2) is 10.1 Å². The molecule has 0 atom stereocenters. The summed E-state index contributed by atoms with van der Waals surface area (Å²) in [6, 6.07) is 11.1. The first-order valence-corrected chi connectivity index (χ1v) is 6.41. The fourth-order valence-electron chi connectivity index (χ4n) is 1.85. The summed E-state index contributed by atoms with van der Waals surface area (Å²) in [4.78, 5) is 4.56. The van der Waals surface area contributed by atoms with Gasteiger partial charge < -0.3 is 10.8 Å². The lowest BCUT2D eigenvalue weighted by Gasteiger charge is -2.01. The van der Waals surface area contributed by atoms with Gasteiger partial charge in [0.1, 0.15) is 10.8 Å². The molecule has 0 radical (unpaired) electrons. The Bertz CT molecular complexity index is 734. The van der Waals surface area contributed by atoms with Gasteiger partial charge in [-0.3, -0.25) is 0 Å². The van der Waals surface area contributed by atoms with Gasteiger partial charge in [0.2, 0.25) is 0 Å². The topological polar surface area (TPSA) is 59.1 Å². The summed E-state index contributed by atoms with van der Waals surface area (Å²) in [7, 11) is 0. The van der Waals surface area contributed by atoms with Crippen LogP contribution in [0.1, 0.15) is 5.56 Å². The maximum absolute atomic E-state index is 9.45. The smallest absolute Gasteiger partial charge is 0.124 e. The summed E-state index contributed by atoms with van der Waals surface area (Å²) in [5, 5.41) is 10.4. The number of aryl methyl sites for hydroxylation is 1. The van der Waals surface area contributed by atoms with Crippen molar-refractivity contribution in [2.24, 2.45) is 0 Å². The van der Waals surface area contributed by atoms with Crippen LogP contribution in [0.25, 0.3) is 20.8 Å². The third-order valence-corrected chi connectivity index (χ3v) is 3.96. The van der Waals surface area contributed by atoms with E-state index >= 15 is 0 Å². The molecule has 0 spiro atoms. The first-order chi connectivity index (χ1) is 8.63. The van der Waals surface area contributed by atoms with Gasteiger partial charge in [-0.15, -0.1) is 11.3 Å². The molecule has 0 unspecified atom stereocenters. The molecule has 3 rings (SSSR count). The van der Waals surface area contributed by atoms with E-state index in [2.05, 4.69) is 4.98 Å². The van der Waals surface area contributed by atoms with Gasteiger partial charge in [-0.1, -0.05) is 0 Å². The number of benzene rings is 2. The van der Waals surface area contributed by atoms with Crippen molar-refractivity contribution in [3.05, 3.63) is 42.0 Å². The van der Waals surface area contributed by atoms with Crippen molar-refractivity contribution < 1.29 is 5.11 Å². The van der Waals surface area contributed by atoms with Gasteiger partial charge in [-0.25, -0.2) is 4.98 Å². The molecule has 0 aliphatic carbocycles. The van der Waals surface area contributed by atoms with Gasteiger partial charge in [0.15, 0.2) is 0 Å². The quantitative estimate of drug-likeness (QED) is 0.654. The molecule has 0 aliphatic rings. The number of thiazole rings is 1. The fourth-order valence-corrected chi connectivity index (χ4v) is 2.84. The predicted molar refractivity (Wildman–Crippen MR) is 75.9 cm³/mol. The molecule has 18 heavy (non-hydrogen) atoms. The van der Waals surface area contributed by atoms with Crippen molar-refractivity contribution in [2.45, 2.75) is 6.92 Å². The van der Waals surface area contributed by atoms with Crippen molar-refractivity contribution >= 4 is 27.2 Å². The largest absolute Gasteiger partial charge is 0.508 e. The van der Waals surface area contributed by atoms with Crippen LogP contribution in [0.3, 0.4) is 0 Å². The van der Waals surface area contributed by atoms with E-state index in [1.165, 1.54) is 0 Å². The first kappa shape index (κ1) is 11.0. The Morgan fingerprint density at radius 2 is 2.00 bits per heavy atom. The number of fused-ring (bicyclic) bond motifs is 1. The van der Waals surface area contributed by atoms with Crippen molar-refractivity contribution in [3.63, 3.8) is 0 Å². The highest BCUT2D eigenvalue weighted by Crippen LogP contribution is 2.32. The van der Waals surface area contributed by atoms with Gasteiger partial charge in [-0.2, -0.15) is 0 Å². The Morgan fingerprint density at radius 3 is 2.78 bits per heavy atom. The molecule has 3 N–H and O–H groups in total. The Labute approximate surface area is 109 Å². The molecule has 0 amide bonds. The number of rotatable bonds is 1. The molecule has 1 heterocycles. The maximum Gasteiger partial charge on any atom is 0.124 e. The minimum Gasteiger partial charge on any atom is -0.508 e. The molecule has 0 aliphatic heterocycles. The van der Waals surface area contributed by atoms with Gasteiger partial charge in [0.05, 0.1) is 10.2 Å². The summed E-state index contributed by atoms with van der Waals surface area (Å²) in [6.45, 7) is 1.98. The van der Waals surface area contributed by atoms with E-state index in [4.69, 9.17) is 5.73 Å². The van der Waals surface area contributed by atoms with Crippen LogP contribution < -0.4 is 5.73 Å². The number of nitrogen functional groups attached to an aromatic ring is 1. The Kier molecular flexibility index (Phi) is 2.45. The van der Waals surface area contributed by atoms with Crippen molar-refractivity contribution in [1.29, 1.82) is 0 Å². The van der Waals surface area contributed by atoms with Crippen LogP contribution in [0, 0.1) is 6.92 Å². The SMILES string of the molecule is Cc1cc(-c2nc3ccc(O)cc3s2)ccc1N. The molecular formula is C14H12N2OS. The average molecular weight is 256 g/mol. The minimum absolute atomic E-state index is 0.270. The van der Waals surface area contributed by atoms with Crippen molar-refractivity contribution in [1.82, 2.24) is 4.98 Å². The van der Waals surface area contributed by atoms with Crippen molar-refractivity contribution in [2.75, 3.05) is 5.73 Å². The lowest BCUT2D eigenvalue weighted by molar-refractivity contribution is 0.476. The lowest BCUT2D eigenvalue weighted by atomic mass is 10.1. The van der Waals surface area contributed by atoms with Gasteiger partial charge >= 0.3 is 0 Å². The number of aromatic nitrogens is 1. The number of phenolic OH excluding ortho intramolecular Hbond substituents is 1. The van der Waals surface area contributed by atoms with Crippen LogP contribution in [0.15, 0.2) is 36.4 Å². The Balaban J connectivity index is 2.16. The van der Waals surface area contributed by atoms with E-state index in [0.717, 1.165) is 32.0 Å². The summed E-state index contributed by atoms with van der Waals surface area (Å²) in [6.07, 6.45) is 0. The maximum atomic E-state index is 9.45. The molecular weight excluding hydrogens is 244 g/mol. The zero-order chi connectivity index (χ0) is 12.7. The molecule has 3 aromatic rings. The second kappa shape index (κ2) is 3.99. The molecule has 3 nitrogen and oxygen atoms in total. The zero-order valence-electron chi connectivity index (χ0n) is 9.84. The molecule has 0 saturated carbocycles.